The SMILES string of the molecule is CN(c1ccccc1)C(CN)c1ccc(Cl)cc1F. The number of rotatable bonds is 4. The van der Waals surface area contributed by atoms with Gasteiger partial charge in [-0.1, -0.05) is 35.9 Å². The Hall–Kier alpha value is -1.58. The third-order valence-electron chi connectivity index (χ3n) is 3.18. The Morgan fingerprint density at radius 1 is 1.21 bits per heavy atom. The van der Waals surface area contributed by atoms with Gasteiger partial charge in [-0.3, -0.25) is 0 Å². The van der Waals surface area contributed by atoms with Gasteiger partial charge in [-0.25, -0.2) is 4.39 Å². The highest BCUT2D eigenvalue weighted by molar-refractivity contribution is 6.30. The van der Waals surface area contributed by atoms with E-state index in [9.17, 15) is 4.39 Å². The van der Waals surface area contributed by atoms with Crippen molar-refractivity contribution in [3.63, 3.8) is 0 Å². The molecule has 2 N–H and O–H groups in total. The fraction of sp³-hybridized carbons (Fsp3) is 0.200. The molecule has 1 unspecified atom stereocenters. The predicted octanol–water partition coefficient (Wildman–Crippen LogP) is 3.62. The quantitative estimate of drug-likeness (QED) is 0.926. The minimum Gasteiger partial charge on any atom is -0.366 e. The first kappa shape index (κ1) is 13.8. The van der Waals surface area contributed by atoms with Gasteiger partial charge in [-0.2, -0.15) is 0 Å². The van der Waals surface area contributed by atoms with Crippen LogP contribution in [0.25, 0.3) is 0 Å². The summed E-state index contributed by atoms with van der Waals surface area (Å²) in [4.78, 5) is 1.96. The molecule has 0 amide bonds. The van der Waals surface area contributed by atoms with Crippen molar-refractivity contribution in [2.45, 2.75) is 6.04 Å². The Morgan fingerprint density at radius 2 is 1.89 bits per heavy atom. The molecule has 0 radical (unpaired) electrons. The lowest BCUT2D eigenvalue weighted by molar-refractivity contribution is 0.573. The number of hydrogen-bond donors (Lipinski definition) is 1. The van der Waals surface area contributed by atoms with Crippen molar-refractivity contribution in [3.8, 4) is 0 Å². The largest absolute Gasteiger partial charge is 0.366 e. The number of anilines is 1. The van der Waals surface area contributed by atoms with Gasteiger partial charge in [-0.15, -0.1) is 0 Å². The molecule has 0 saturated carbocycles. The van der Waals surface area contributed by atoms with Crippen LogP contribution in [0.15, 0.2) is 48.5 Å². The van der Waals surface area contributed by atoms with Crippen molar-refractivity contribution in [1.29, 1.82) is 0 Å². The van der Waals surface area contributed by atoms with Gasteiger partial charge in [0.25, 0.3) is 0 Å². The molecular weight excluding hydrogens is 263 g/mol. The number of benzene rings is 2. The van der Waals surface area contributed by atoms with Crippen molar-refractivity contribution in [1.82, 2.24) is 0 Å². The normalized spacial score (nSPS) is 12.2. The van der Waals surface area contributed by atoms with Crippen LogP contribution >= 0.6 is 11.6 Å². The van der Waals surface area contributed by atoms with E-state index in [0.29, 0.717) is 17.1 Å². The summed E-state index contributed by atoms with van der Waals surface area (Å²) < 4.78 is 14.0. The first-order valence-electron chi connectivity index (χ1n) is 6.06. The lowest BCUT2D eigenvalue weighted by atomic mass is 10.0. The van der Waals surface area contributed by atoms with E-state index in [1.54, 1.807) is 12.1 Å². The van der Waals surface area contributed by atoms with Gasteiger partial charge in [0.2, 0.25) is 0 Å². The van der Waals surface area contributed by atoms with Crippen LogP contribution in [0.4, 0.5) is 10.1 Å². The average Bonchev–Trinajstić information content (AvgIpc) is 2.42. The molecule has 0 saturated heterocycles. The Balaban J connectivity index is 2.34. The molecule has 0 bridgehead atoms. The predicted molar refractivity (Wildman–Crippen MR) is 78.1 cm³/mol. The fourth-order valence-electron chi connectivity index (χ4n) is 2.11. The van der Waals surface area contributed by atoms with E-state index in [1.807, 2.05) is 42.3 Å². The molecule has 19 heavy (non-hydrogen) atoms. The van der Waals surface area contributed by atoms with E-state index in [-0.39, 0.29) is 11.9 Å². The van der Waals surface area contributed by atoms with E-state index >= 15 is 0 Å². The summed E-state index contributed by atoms with van der Waals surface area (Å²) in [5, 5.41) is 0.388. The minimum atomic E-state index is -0.328. The second-order valence-electron chi connectivity index (χ2n) is 4.36. The van der Waals surface area contributed by atoms with E-state index in [2.05, 4.69) is 0 Å². The van der Waals surface area contributed by atoms with Gasteiger partial charge in [0, 0.05) is 29.9 Å². The summed E-state index contributed by atoms with van der Waals surface area (Å²) in [5.41, 5.74) is 7.36. The Kier molecular flexibility index (Phi) is 4.40. The maximum atomic E-state index is 14.0. The molecule has 0 fully saturated rings. The van der Waals surface area contributed by atoms with Gasteiger partial charge in [-0.05, 0) is 24.3 Å². The number of para-hydroxylation sites is 1. The molecule has 0 aliphatic carbocycles. The summed E-state index contributed by atoms with van der Waals surface area (Å²) in [6.45, 7) is 0.323. The highest BCUT2D eigenvalue weighted by atomic mass is 35.5. The summed E-state index contributed by atoms with van der Waals surface area (Å²) in [6.07, 6.45) is 0. The number of likely N-dealkylation sites (N-methyl/N-ethyl adjacent to an activating group) is 1. The van der Waals surface area contributed by atoms with Gasteiger partial charge < -0.3 is 10.6 Å². The van der Waals surface area contributed by atoms with Crippen molar-refractivity contribution in [3.05, 3.63) is 64.9 Å². The van der Waals surface area contributed by atoms with Crippen LogP contribution in [-0.2, 0) is 0 Å². The molecule has 2 rings (SSSR count). The molecule has 2 aromatic carbocycles. The first-order valence-corrected chi connectivity index (χ1v) is 6.44. The van der Waals surface area contributed by atoms with E-state index < -0.39 is 0 Å². The van der Waals surface area contributed by atoms with Crippen LogP contribution in [0.5, 0.6) is 0 Å². The van der Waals surface area contributed by atoms with Gasteiger partial charge in [0.05, 0.1) is 6.04 Å². The molecule has 1 atom stereocenters. The molecule has 100 valence electrons. The van der Waals surface area contributed by atoms with Crippen molar-refractivity contribution in [2.75, 3.05) is 18.5 Å². The zero-order chi connectivity index (χ0) is 13.8. The first-order chi connectivity index (χ1) is 9.13. The van der Waals surface area contributed by atoms with Crippen molar-refractivity contribution >= 4 is 17.3 Å². The molecule has 0 spiro atoms. The Bertz CT molecular complexity index is 545. The molecule has 2 nitrogen and oxygen atoms in total. The maximum Gasteiger partial charge on any atom is 0.130 e. The third-order valence-corrected chi connectivity index (χ3v) is 3.41. The van der Waals surface area contributed by atoms with E-state index in [1.165, 1.54) is 6.07 Å². The van der Waals surface area contributed by atoms with E-state index in [0.717, 1.165) is 5.69 Å². The molecule has 2 aromatic rings. The Morgan fingerprint density at radius 3 is 2.47 bits per heavy atom. The van der Waals surface area contributed by atoms with Crippen LogP contribution in [0, 0.1) is 5.82 Å². The monoisotopic (exact) mass is 278 g/mol. The number of halogens is 2. The molecular formula is C15H16ClFN2. The lowest BCUT2D eigenvalue weighted by Crippen LogP contribution is -2.31. The zero-order valence-electron chi connectivity index (χ0n) is 10.7. The van der Waals surface area contributed by atoms with Crippen LogP contribution in [0.1, 0.15) is 11.6 Å². The van der Waals surface area contributed by atoms with Crippen LogP contribution in [-0.4, -0.2) is 13.6 Å². The summed E-state index contributed by atoms with van der Waals surface area (Å²) in [6, 6.07) is 14.2. The van der Waals surface area contributed by atoms with Crippen molar-refractivity contribution in [2.24, 2.45) is 5.73 Å². The lowest BCUT2D eigenvalue weighted by Gasteiger charge is -2.29. The number of nitrogens with two attached hydrogens (primary N) is 1. The zero-order valence-corrected chi connectivity index (χ0v) is 11.4. The molecule has 0 aromatic heterocycles. The van der Waals surface area contributed by atoms with Crippen LogP contribution < -0.4 is 10.6 Å². The van der Waals surface area contributed by atoms with Crippen molar-refractivity contribution < 1.29 is 4.39 Å². The molecule has 0 aliphatic rings. The Labute approximate surface area is 117 Å². The molecule has 0 aliphatic heterocycles. The van der Waals surface area contributed by atoms with Gasteiger partial charge in [0.1, 0.15) is 5.82 Å². The van der Waals surface area contributed by atoms with Crippen LogP contribution in [0.2, 0.25) is 5.02 Å². The smallest absolute Gasteiger partial charge is 0.130 e. The molecule has 4 heteroatoms. The fourth-order valence-corrected chi connectivity index (χ4v) is 2.27. The minimum absolute atomic E-state index is 0.223. The summed E-state index contributed by atoms with van der Waals surface area (Å²) >= 11 is 5.78. The summed E-state index contributed by atoms with van der Waals surface area (Å²) in [7, 11) is 1.90. The summed E-state index contributed by atoms with van der Waals surface area (Å²) in [5.74, 6) is -0.328. The second kappa shape index (κ2) is 6.04. The maximum absolute atomic E-state index is 14.0. The standard InChI is InChI=1S/C15H16ClFN2/c1-19(12-5-3-2-4-6-12)15(10-18)13-8-7-11(16)9-14(13)17/h2-9,15H,10,18H2,1H3. The van der Waals surface area contributed by atoms with E-state index in [4.69, 9.17) is 17.3 Å². The highest BCUT2D eigenvalue weighted by Crippen LogP contribution is 2.27. The average molecular weight is 279 g/mol. The second-order valence-corrected chi connectivity index (χ2v) is 4.80. The topological polar surface area (TPSA) is 29.3 Å². The number of nitrogens with zero attached hydrogens (tertiary/aromatic N) is 1. The number of hydrogen-bond acceptors (Lipinski definition) is 2. The van der Waals surface area contributed by atoms with Gasteiger partial charge >= 0.3 is 0 Å². The highest BCUT2D eigenvalue weighted by Gasteiger charge is 2.19. The van der Waals surface area contributed by atoms with Crippen LogP contribution in [0.3, 0.4) is 0 Å². The third kappa shape index (κ3) is 3.06. The molecule has 0 heterocycles. The van der Waals surface area contributed by atoms with Gasteiger partial charge in [0.15, 0.2) is 0 Å².